The summed E-state index contributed by atoms with van der Waals surface area (Å²) < 4.78 is 37.2. The molecular formula is C21H26F2N4O5. The van der Waals surface area contributed by atoms with Gasteiger partial charge >= 0.3 is 12.1 Å². The van der Waals surface area contributed by atoms with Crippen LogP contribution in [-0.4, -0.2) is 46.5 Å². The molecule has 3 rings (SSSR count). The number of nitrogen functional groups attached to an aromatic ring is 1. The van der Waals surface area contributed by atoms with Crippen LogP contribution in [0.1, 0.15) is 44.5 Å². The monoisotopic (exact) mass is 452 g/mol. The van der Waals surface area contributed by atoms with E-state index in [0.717, 1.165) is 6.20 Å². The van der Waals surface area contributed by atoms with Crippen molar-refractivity contribution >= 4 is 34.3 Å². The van der Waals surface area contributed by atoms with Crippen LogP contribution in [0.25, 0.3) is 10.9 Å². The van der Waals surface area contributed by atoms with E-state index in [0.29, 0.717) is 6.42 Å². The Bertz CT molecular complexity index is 1160. The molecule has 174 valence electrons. The number of alkyl carbamates (subject to hydrolysis) is 1. The van der Waals surface area contributed by atoms with Gasteiger partial charge in [0, 0.05) is 25.8 Å². The van der Waals surface area contributed by atoms with E-state index in [9.17, 15) is 19.5 Å². The van der Waals surface area contributed by atoms with Gasteiger partial charge in [0.25, 0.3) is 0 Å². The minimum atomic E-state index is -1.51. The molecule has 4 N–H and O–H groups in total. The number of nitrogens with two attached hydrogens (primary N) is 1. The predicted octanol–water partition coefficient (Wildman–Crippen LogP) is 2.68. The van der Waals surface area contributed by atoms with E-state index < -0.39 is 63.1 Å². The van der Waals surface area contributed by atoms with Gasteiger partial charge in [-0.15, -0.1) is 0 Å². The number of rotatable bonds is 4. The highest BCUT2D eigenvalue weighted by atomic mass is 19.1. The van der Waals surface area contributed by atoms with Crippen molar-refractivity contribution in [1.82, 2.24) is 9.88 Å². The summed E-state index contributed by atoms with van der Waals surface area (Å²) >= 11 is 0. The first-order valence-corrected chi connectivity index (χ1v) is 10.2. The molecule has 11 heteroatoms. The van der Waals surface area contributed by atoms with Gasteiger partial charge in [-0.05, 0) is 34.1 Å². The number of carbonyl (C=O) groups excluding carboxylic acids is 1. The lowest BCUT2D eigenvalue weighted by Gasteiger charge is -2.24. The molecule has 1 saturated heterocycles. The second-order valence-electron chi connectivity index (χ2n) is 8.65. The number of carbonyl (C=O) groups is 2. The van der Waals surface area contributed by atoms with E-state index in [1.54, 1.807) is 27.7 Å². The average Bonchev–Trinajstić information content (AvgIpc) is 3.11. The van der Waals surface area contributed by atoms with Crippen molar-refractivity contribution in [1.29, 1.82) is 0 Å². The van der Waals surface area contributed by atoms with Crippen LogP contribution in [0, 0.1) is 11.6 Å². The predicted molar refractivity (Wildman–Crippen MR) is 115 cm³/mol. The molecule has 1 aliphatic rings. The number of hydrogen-bond acceptors (Lipinski definition) is 6. The van der Waals surface area contributed by atoms with E-state index in [1.165, 1.54) is 9.47 Å². The van der Waals surface area contributed by atoms with Gasteiger partial charge in [-0.25, -0.2) is 18.4 Å². The molecule has 1 amide bonds. The summed E-state index contributed by atoms with van der Waals surface area (Å²) in [7, 11) is 0. The fraction of sp³-hybridized carbons (Fsp3) is 0.476. The van der Waals surface area contributed by atoms with Crippen LogP contribution in [0.3, 0.4) is 0 Å². The number of aryl methyl sites for hydroxylation is 1. The van der Waals surface area contributed by atoms with Crippen LogP contribution >= 0.6 is 0 Å². The van der Waals surface area contributed by atoms with Gasteiger partial charge in [0.1, 0.15) is 16.9 Å². The van der Waals surface area contributed by atoms with Gasteiger partial charge in [0.2, 0.25) is 5.43 Å². The van der Waals surface area contributed by atoms with Gasteiger partial charge in [0.05, 0.1) is 22.6 Å². The Labute approximate surface area is 182 Å². The summed E-state index contributed by atoms with van der Waals surface area (Å²) in [6, 6.07) is -0.414. The third kappa shape index (κ3) is 4.19. The molecule has 2 heterocycles. The number of amides is 1. The zero-order chi connectivity index (χ0) is 24.0. The number of halogens is 2. The van der Waals surface area contributed by atoms with Crippen LogP contribution in [0.15, 0.2) is 11.0 Å². The Hall–Kier alpha value is -3.37. The second-order valence-corrected chi connectivity index (χ2v) is 8.65. The van der Waals surface area contributed by atoms with E-state index in [-0.39, 0.29) is 25.2 Å². The molecule has 0 spiro atoms. The number of nitrogens with one attached hydrogen (secondary N) is 1. The quantitative estimate of drug-likeness (QED) is 0.609. The number of hydrogen-bond donors (Lipinski definition) is 3. The Morgan fingerprint density at radius 3 is 2.53 bits per heavy atom. The SMILES string of the molecule is CCn1cc(C(=O)O)c(=O)c2c(N)c(F)c(N3CCC(NC(=O)OC(C)(C)C)C3)c(F)c21. The first-order valence-electron chi connectivity index (χ1n) is 10.2. The minimum absolute atomic E-state index is 0.0988. The van der Waals surface area contributed by atoms with E-state index in [4.69, 9.17) is 10.5 Å². The summed E-state index contributed by atoms with van der Waals surface area (Å²) in [6.07, 6.45) is 0.798. The van der Waals surface area contributed by atoms with Crippen molar-refractivity contribution in [3.05, 3.63) is 33.6 Å². The number of fused-ring (bicyclic) bond motifs is 1. The molecule has 2 aromatic rings. The summed E-state index contributed by atoms with van der Waals surface area (Å²) in [5, 5.41) is 11.5. The highest BCUT2D eigenvalue weighted by molar-refractivity contribution is 5.99. The number of carboxylic acid groups (broad SMARTS) is 1. The van der Waals surface area contributed by atoms with Crippen molar-refractivity contribution < 1.29 is 28.2 Å². The zero-order valence-electron chi connectivity index (χ0n) is 18.3. The van der Waals surface area contributed by atoms with Gasteiger partial charge < -0.3 is 30.4 Å². The zero-order valence-corrected chi connectivity index (χ0v) is 18.3. The Balaban J connectivity index is 2.04. The first kappa shape index (κ1) is 23.3. The summed E-state index contributed by atoms with van der Waals surface area (Å²) in [5.41, 5.74) is 2.20. The van der Waals surface area contributed by atoms with E-state index in [2.05, 4.69) is 5.32 Å². The second kappa shape index (κ2) is 8.29. The van der Waals surface area contributed by atoms with Crippen molar-refractivity contribution in [2.75, 3.05) is 23.7 Å². The molecule has 9 nitrogen and oxygen atoms in total. The van der Waals surface area contributed by atoms with E-state index in [1.807, 2.05) is 0 Å². The molecule has 1 fully saturated rings. The Morgan fingerprint density at radius 1 is 1.31 bits per heavy atom. The average molecular weight is 452 g/mol. The van der Waals surface area contributed by atoms with Crippen molar-refractivity contribution in [2.24, 2.45) is 0 Å². The number of ether oxygens (including phenoxy) is 1. The number of benzene rings is 1. The Kier molecular flexibility index (Phi) is 6.03. The lowest BCUT2D eigenvalue weighted by molar-refractivity contribution is 0.0508. The molecule has 1 aromatic heterocycles. The number of anilines is 2. The van der Waals surface area contributed by atoms with Crippen molar-refractivity contribution in [3.63, 3.8) is 0 Å². The standard InChI is InChI=1S/C21H26F2N4O5/c1-5-26-9-11(19(29)30)18(28)12-15(24)13(22)17(14(23)16(12)26)27-7-6-10(8-27)25-20(31)32-21(2,3)4/h9-10H,5-8,24H2,1-4H3,(H,25,31)(H,29,30). The molecule has 1 aliphatic heterocycles. The lowest BCUT2D eigenvalue weighted by atomic mass is 10.1. The van der Waals surface area contributed by atoms with Gasteiger partial charge in [-0.3, -0.25) is 4.79 Å². The third-order valence-corrected chi connectivity index (χ3v) is 5.21. The Morgan fingerprint density at radius 2 is 1.97 bits per heavy atom. The molecule has 1 aromatic carbocycles. The number of aromatic carboxylic acids is 1. The maximum atomic E-state index is 15.6. The van der Waals surface area contributed by atoms with Crippen LogP contribution in [-0.2, 0) is 11.3 Å². The highest BCUT2D eigenvalue weighted by Gasteiger charge is 2.33. The number of carboxylic acids is 1. The molecule has 0 saturated carbocycles. The van der Waals surface area contributed by atoms with E-state index >= 15 is 8.78 Å². The van der Waals surface area contributed by atoms with Crippen LogP contribution in [0.2, 0.25) is 0 Å². The van der Waals surface area contributed by atoms with Crippen LogP contribution in [0.4, 0.5) is 25.0 Å². The molecule has 32 heavy (non-hydrogen) atoms. The summed E-state index contributed by atoms with van der Waals surface area (Å²) in [6.45, 7) is 7.24. The normalized spacial score (nSPS) is 16.4. The molecule has 0 aliphatic carbocycles. The van der Waals surface area contributed by atoms with Gasteiger partial charge in [-0.2, -0.15) is 0 Å². The molecule has 1 unspecified atom stereocenters. The largest absolute Gasteiger partial charge is 0.477 e. The topological polar surface area (TPSA) is 127 Å². The van der Waals surface area contributed by atoms with Crippen molar-refractivity contribution in [3.8, 4) is 0 Å². The van der Waals surface area contributed by atoms with Crippen LogP contribution < -0.4 is 21.4 Å². The summed E-state index contributed by atoms with van der Waals surface area (Å²) in [5.74, 6) is -3.67. The smallest absolute Gasteiger partial charge is 0.407 e. The number of nitrogens with zero attached hydrogens (tertiary/aromatic N) is 2. The molecule has 1 atom stereocenters. The maximum Gasteiger partial charge on any atom is 0.407 e. The maximum absolute atomic E-state index is 15.6. The first-order chi connectivity index (χ1) is 14.9. The highest BCUT2D eigenvalue weighted by Crippen LogP contribution is 2.36. The van der Waals surface area contributed by atoms with Gasteiger partial charge in [0.15, 0.2) is 11.6 Å². The fourth-order valence-corrected chi connectivity index (χ4v) is 3.83. The molecular weight excluding hydrogens is 426 g/mol. The summed E-state index contributed by atoms with van der Waals surface area (Å²) in [4.78, 5) is 37.4. The van der Waals surface area contributed by atoms with Crippen molar-refractivity contribution in [2.45, 2.75) is 52.3 Å². The molecule has 0 bridgehead atoms. The fourth-order valence-electron chi connectivity index (χ4n) is 3.83. The van der Waals surface area contributed by atoms with Gasteiger partial charge in [-0.1, -0.05) is 0 Å². The minimum Gasteiger partial charge on any atom is -0.477 e. The lowest BCUT2D eigenvalue weighted by Crippen LogP contribution is -2.40. The third-order valence-electron chi connectivity index (χ3n) is 5.21. The number of aromatic nitrogens is 1. The van der Waals surface area contributed by atoms with Crippen LogP contribution in [0.5, 0.6) is 0 Å². The number of pyridine rings is 1. The molecule has 0 radical (unpaired) electrons.